The molecule has 0 atom stereocenters. The first kappa shape index (κ1) is 13.7. The minimum absolute atomic E-state index is 0.0123. The highest BCUT2D eigenvalue weighted by atomic mass is 35.5. The Balaban J connectivity index is 2.21. The molecule has 0 spiro atoms. The third-order valence-electron chi connectivity index (χ3n) is 2.40. The molecule has 0 fully saturated rings. The van der Waals surface area contributed by atoms with Crippen molar-refractivity contribution in [2.24, 2.45) is 10.1 Å². The van der Waals surface area contributed by atoms with Crippen LogP contribution in [0.3, 0.4) is 0 Å². The first-order valence-corrected chi connectivity index (χ1v) is 5.79. The summed E-state index contributed by atoms with van der Waals surface area (Å²) in [5, 5.41) is 6.57. The van der Waals surface area contributed by atoms with Gasteiger partial charge in [0, 0.05) is 12.1 Å². The molecule has 8 heteroatoms. The molecule has 1 aromatic carbocycles. The van der Waals surface area contributed by atoms with Crippen LogP contribution < -0.4 is 10.7 Å². The van der Waals surface area contributed by atoms with Crippen molar-refractivity contribution in [3.05, 3.63) is 34.3 Å². The summed E-state index contributed by atoms with van der Waals surface area (Å²) in [4.78, 5) is 3.99. The molecule has 0 bridgehead atoms. The van der Waals surface area contributed by atoms with Crippen molar-refractivity contribution >= 4 is 23.8 Å². The molecule has 1 aliphatic rings. The van der Waals surface area contributed by atoms with Crippen LogP contribution >= 0.6 is 11.6 Å². The fraction of sp³-hybridized carbons (Fsp3) is 0.273. The van der Waals surface area contributed by atoms with Gasteiger partial charge in [0.2, 0.25) is 5.96 Å². The number of aliphatic imine (C=N–C) groups is 1. The Kier molecular flexibility index (Phi) is 3.94. The average molecular weight is 291 g/mol. The molecule has 1 heterocycles. The molecule has 0 saturated heterocycles. The monoisotopic (exact) mass is 290 g/mol. The van der Waals surface area contributed by atoms with Gasteiger partial charge in [0.05, 0.1) is 23.3 Å². The minimum atomic E-state index is -4.48. The number of hydrogen-bond donors (Lipinski definition) is 2. The van der Waals surface area contributed by atoms with E-state index in [2.05, 4.69) is 20.8 Å². The topological polar surface area (TPSA) is 48.8 Å². The highest BCUT2D eigenvalue weighted by molar-refractivity contribution is 6.33. The SMILES string of the molecule is FC(F)(F)c1cccc(Cl)c1C=NNC1=NCCN1. The number of nitrogens with one attached hydrogen (secondary N) is 2. The van der Waals surface area contributed by atoms with E-state index in [1.54, 1.807) is 0 Å². The van der Waals surface area contributed by atoms with Gasteiger partial charge in [0.1, 0.15) is 0 Å². The summed E-state index contributed by atoms with van der Waals surface area (Å²) in [5.74, 6) is 0.428. The van der Waals surface area contributed by atoms with Gasteiger partial charge in [-0.1, -0.05) is 17.7 Å². The predicted molar refractivity (Wildman–Crippen MR) is 67.5 cm³/mol. The highest BCUT2D eigenvalue weighted by Crippen LogP contribution is 2.33. The van der Waals surface area contributed by atoms with Crippen molar-refractivity contribution in [2.75, 3.05) is 13.1 Å². The van der Waals surface area contributed by atoms with Crippen LogP contribution in [-0.2, 0) is 6.18 Å². The molecule has 19 heavy (non-hydrogen) atoms. The van der Waals surface area contributed by atoms with Gasteiger partial charge < -0.3 is 5.32 Å². The Hall–Kier alpha value is -1.76. The van der Waals surface area contributed by atoms with Gasteiger partial charge in [-0.25, -0.2) is 10.4 Å². The maximum absolute atomic E-state index is 12.8. The molecule has 0 radical (unpaired) electrons. The molecule has 0 unspecified atom stereocenters. The van der Waals surface area contributed by atoms with Crippen molar-refractivity contribution < 1.29 is 13.2 Å². The number of benzene rings is 1. The Morgan fingerprint density at radius 2 is 2.21 bits per heavy atom. The maximum Gasteiger partial charge on any atom is 0.417 e. The van der Waals surface area contributed by atoms with E-state index < -0.39 is 11.7 Å². The Bertz CT molecular complexity index is 525. The quantitative estimate of drug-likeness (QED) is 0.648. The summed E-state index contributed by atoms with van der Waals surface area (Å²) in [7, 11) is 0. The molecule has 4 nitrogen and oxygen atoms in total. The molecule has 1 aromatic rings. The molecule has 0 saturated carbocycles. The summed E-state index contributed by atoms with van der Waals surface area (Å²) < 4.78 is 38.3. The van der Waals surface area contributed by atoms with Crippen molar-refractivity contribution in [3.63, 3.8) is 0 Å². The Labute approximate surface area is 112 Å². The molecule has 0 amide bonds. The van der Waals surface area contributed by atoms with Gasteiger partial charge in [0.25, 0.3) is 0 Å². The normalized spacial score (nSPS) is 15.5. The Morgan fingerprint density at radius 1 is 1.42 bits per heavy atom. The fourth-order valence-electron chi connectivity index (χ4n) is 1.55. The van der Waals surface area contributed by atoms with Crippen LogP contribution in [0.5, 0.6) is 0 Å². The lowest BCUT2D eigenvalue weighted by molar-refractivity contribution is -0.137. The third kappa shape index (κ3) is 3.37. The second-order valence-electron chi connectivity index (χ2n) is 3.73. The van der Waals surface area contributed by atoms with Gasteiger partial charge in [-0.15, -0.1) is 0 Å². The second-order valence-corrected chi connectivity index (χ2v) is 4.13. The highest BCUT2D eigenvalue weighted by Gasteiger charge is 2.33. The fourth-order valence-corrected chi connectivity index (χ4v) is 1.77. The summed E-state index contributed by atoms with van der Waals surface area (Å²) in [5.41, 5.74) is 1.51. The zero-order valence-electron chi connectivity index (χ0n) is 9.63. The van der Waals surface area contributed by atoms with Crippen LogP contribution in [0.4, 0.5) is 13.2 Å². The standard InChI is InChI=1S/C11H10ClF3N4/c12-9-3-1-2-8(11(13,14)15)7(9)6-18-19-10-16-4-5-17-10/h1-3,6H,4-5H2,(H2,16,17,19). The van der Waals surface area contributed by atoms with Gasteiger partial charge >= 0.3 is 6.18 Å². The van der Waals surface area contributed by atoms with Crippen LogP contribution in [-0.4, -0.2) is 25.3 Å². The van der Waals surface area contributed by atoms with Crippen LogP contribution in [0.15, 0.2) is 28.3 Å². The van der Waals surface area contributed by atoms with Crippen LogP contribution in [0.2, 0.25) is 5.02 Å². The maximum atomic E-state index is 12.8. The van der Waals surface area contributed by atoms with Crippen molar-refractivity contribution in [2.45, 2.75) is 6.18 Å². The first-order valence-electron chi connectivity index (χ1n) is 5.41. The van der Waals surface area contributed by atoms with E-state index in [1.165, 1.54) is 12.1 Å². The lowest BCUT2D eigenvalue weighted by atomic mass is 10.1. The molecule has 2 N–H and O–H groups in total. The third-order valence-corrected chi connectivity index (χ3v) is 2.73. The van der Waals surface area contributed by atoms with Crippen molar-refractivity contribution in [1.82, 2.24) is 10.7 Å². The van der Waals surface area contributed by atoms with E-state index in [0.29, 0.717) is 19.0 Å². The molecule has 102 valence electrons. The van der Waals surface area contributed by atoms with Gasteiger partial charge in [-0.2, -0.15) is 18.3 Å². The Morgan fingerprint density at radius 3 is 2.84 bits per heavy atom. The molecule has 0 aromatic heterocycles. The number of alkyl halides is 3. The first-order chi connectivity index (χ1) is 8.98. The van der Waals surface area contributed by atoms with Crippen LogP contribution in [0.1, 0.15) is 11.1 Å². The van der Waals surface area contributed by atoms with Gasteiger partial charge in [-0.3, -0.25) is 0 Å². The van der Waals surface area contributed by atoms with E-state index in [1.807, 2.05) is 0 Å². The molecular formula is C11H10ClF3N4. The smallest absolute Gasteiger partial charge is 0.353 e. The zero-order valence-corrected chi connectivity index (χ0v) is 10.4. The van der Waals surface area contributed by atoms with Gasteiger partial charge in [0.15, 0.2) is 0 Å². The largest absolute Gasteiger partial charge is 0.417 e. The number of halogens is 4. The number of rotatable bonds is 2. The predicted octanol–water partition coefficient (Wildman–Crippen LogP) is 2.24. The van der Waals surface area contributed by atoms with E-state index in [9.17, 15) is 13.2 Å². The van der Waals surface area contributed by atoms with E-state index >= 15 is 0 Å². The second kappa shape index (κ2) is 5.48. The number of hydrogen-bond acceptors (Lipinski definition) is 4. The summed E-state index contributed by atoms with van der Waals surface area (Å²) in [6.45, 7) is 1.29. The van der Waals surface area contributed by atoms with Crippen LogP contribution in [0, 0.1) is 0 Å². The zero-order chi connectivity index (χ0) is 13.9. The minimum Gasteiger partial charge on any atom is -0.353 e. The summed E-state index contributed by atoms with van der Waals surface area (Å²) >= 11 is 5.77. The van der Waals surface area contributed by atoms with E-state index in [0.717, 1.165) is 12.3 Å². The van der Waals surface area contributed by atoms with Crippen LogP contribution in [0.25, 0.3) is 0 Å². The summed E-state index contributed by atoms with van der Waals surface area (Å²) in [6.07, 6.45) is -3.44. The molecule has 0 aliphatic carbocycles. The van der Waals surface area contributed by atoms with Gasteiger partial charge in [-0.05, 0) is 12.1 Å². The average Bonchev–Trinajstić information content (AvgIpc) is 2.82. The molecule has 1 aliphatic heterocycles. The number of guanidine groups is 1. The molecular weight excluding hydrogens is 281 g/mol. The van der Waals surface area contributed by atoms with E-state index in [-0.39, 0.29) is 10.6 Å². The lowest BCUT2D eigenvalue weighted by Crippen LogP contribution is -2.30. The van der Waals surface area contributed by atoms with Crippen molar-refractivity contribution in [1.29, 1.82) is 0 Å². The number of hydrazone groups is 1. The van der Waals surface area contributed by atoms with E-state index in [4.69, 9.17) is 11.6 Å². The summed E-state index contributed by atoms with van der Waals surface area (Å²) in [6, 6.07) is 3.58. The molecule has 2 rings (SSSR count). The number of nitrogens with zero attached hydrogens (tertiary/aromatic N) is 2. The lowest BCUT2D eigenvalue weighted by Gasteiger charge is -2.11. The van der Waals surface area contributed by atoms with Crippen molar-refractivity contribution in [3.8, 4) is 0 Å².